The molecular formula is C10H9FN2O5. The number of halogens is 1. The Bertz CT molecular complexity index is 517. The SMILES string of the molecule is C[C@H](NC(=O)c1ccc(F)cc1[N+](=O)[O-])C(=O)O. The summed E-state index contributed by atoms with van der Waals surface area (Å²) in [6, 6.07) is 1.20. The van der Waals surface area contributed by atoms with E-state index in [0.29, 0.717) is 6.07 Å². The molecule has 0 radical (unpaired) electrons. The van der Waals surface area contributed by atoms with Crippen LogP contribution in [0.1, 0.15) is 17.3 Å². The zero-order valence-electron chi connectivity index (χ0n) is 9.21. The fourth-order valence-electron chi connectivity index (χ4n) is 1.18. The highest BCUT2D eigenvalue weighted by Crippen LogP contribution is 2.19. The molecule has 1 atom stereocenters. The van der Waals surface area contributed by atoms with Crippen LogP contribution in [0.15, 0.2) is 18.2 Å². The predicted octanol–water partition coefficient (Wildman–Crippen LogP) is 0.937. The molecule has 0 aromatic heterocycles. The minimum Gasteiger partial charge on any atom is -0.480 e. The molecule has 0 unspecified atom stereocenters. The molecule has 1 amide bonds. The van der Waals surface area contributed by atoms with Crippen LogP contribution in [-0.2, 0) is 4.79 Å². The van der Waals surface area contributed by atoms with Crippen LogP contribution in [0.2, 0.25) is 0 Å². The molecule has 8 heteroatoms. The van der Waals surface area contributed by atoms with Crippen molar-refractivity contribution < 1.29 is 24.0 Å². The Kier molecular flexibility index (Phi) is 3.93. The number of aliphatic carboxylic acids is 1. The summed E-state index contributed by atoms with van der Waals surface area (Å²) in [6.45, 7) is 1.20. The minimum absolute atomic E-state index is 0.394. The predicted molar refractivity (Wildman–Crippen MR) is 57.6 cm³/mol. The number of carboxylic acid groups (broad SMARTS) is 1. The number of nitro groups is 1. The molecule has 1 rings (SSSR count). The number of rotatable bonds is 4. The second-order valence-corrected chi connectivity index (χ2v) is 3.45. The number of benzene rings is 1. The number of carboxylic acids is 1. The second kappa shape index (κ2) is 5.21. The van der Waals surface area contributed by atoms with Gasteiger partial charge in [0.15, 0.2) is 0 Å². The lowest BCUT2D eigenvalue weighted by Gasteiger charge is -2.09. The van der Waals surface area contributed by atoms with Crippen molar-refractivity contribution in [1.29, 1.82) is 0 Å². The van der Waals surface area contributed by atoms with Gasteiger partial charge in [0, 0.05) is 0 Å². The number of hydrogen-bond donors (Lipinski definition) is 2. The first kappa shape index (κ1) is 13.6. The van der Waals surface area contributed by atoms with Crippen LogP contribution in [0, 0.1) is 15.9 Å². The van der Waals surface area contributed by atoms with Crippen molar-refractivity contribution in [3.8, 4) is 0 Å². The van der Waals surface area contributed by atoms with Crippen molar-refractivity contribution in [2.45, 2.75) is 13.0 Å². The zero-order chi connectivity index (χ0) is 13.9. The Hall–Kier alpha value is -2.51. The lowest BCUT2D eigenvalue weighted by atomic mass is 10.1. The van der Waals surface area contributed by atoms with E-state index in [-0.39, 0.29) is 0 Å². The van der Waals surface area contributed by atoms with Crippen LogP contribution >= 0.6 is 0 Å². The summed E-state index contributed by atoms with van der Waals surface area (Å²) in [4.78, 5) is 31.9. The van der Waals surface area contributed by atoms with Crippen LogP contribution in [0.25, 0.3) is 0 Å². The molecule has 1 aromatic rings. The molecule has 96 valence electrons. The van der Waals surface area contributed by atoms with Crippen molar-refractivity contribution >= 4 is 17.6 Å². The second-order valence-electron chi connectivity index (χ2n) is 3.45. The maximum absolute atomic E-state index is 12.8. The third-order valence-electron chi connectivity index (χ3n) is 2.12. The van der Waals surface area contributed by atoms with E-state index < -0.39 is 39.9 Å². The Morgan fingerprint density at radius 1 is 1.50 bits per heavy atom. The maximum atomic E-state index is 12.8. The van der Waals surface area contributed by atoms with Crippen LogP contribution < -0.4 is 5.32 Å². The number of amides is 1. The lowest BCUT2D eigenvalue weighted by Crippen LogP contribution is -2.38. The molecule has 1 aromatic carbocycles. The average Bonchev–Trinajstić information content (AvgIpc) is 2.28. The summed E-state index contributed by atoms with van der Waals surface area (Å²) in [6.07, 6.45) is 0. The molecule has 0 aliphatic carbocycles. The van der Waals surface area contributed by atoms with E-state index in [2.05, 4.69) is 0 Å². The van der Waals surface area contributed by atoms with Gasteiger partial charge in [-0.1, -0.05) is 0 Å². The molecule has 0 bridgehead atoms. The number of nitrogens with one attached hydrogen (secondary N) is 1. The molecule has 0 fully saturated rings. The van der Waals surface area contributed by atoms with Crippen LogP contribution in [0.5, 0.6) is 0 Å². The molecule has 7 nitrogen and oxygen atoms in total. The molecule has 0 saturated heterocycles. The Labute approximate surface area is 100 Å². The Morgan fingerprint density at radius 3 is 2.61 bits per heavy atom. The highest BCUT2D eigenvalue weighted by atomic mass is 19.1. The van der Waals surface area contributed by atoms with E-state index in [1.54, 1.807) is 0 Å². The van der Waals surface area contributed by atoms with Gasteiger partial charge in [0.1, 0.15) is 17.4 Å². The summed E-state index contributed by atoms with van der Waals surface area (Å²) in [7, 11) is 0. The molecule has 0 aliphatic heterocycles. The van der Waals surface area contributed by atoms with Gasteiger partial charge in [-0.25, -0.2) is 4.39 Å². The number of nitro benzene ring substituents is 1. The first-order valence-corrected chi connectivity index (χ1v) is 4.80. The fraction of sp³-hybridized carbons (Fsp3) is 0.200. The molecule has 0 aliphatic rings. The van der Waals surface area contributed by atoms with Crippen molar-refractivity contribution in [2.75, 3.05) is 0 Å². The topological polar surface area (TPSA) is 110 Å². The van der Waals surface area contributed by atoms with Crippen LogP contribution in [0.3, 0.4) is 0 Å². The molecule has 0 spiro atoms. The number of nitrogens with zero attached hydrogens (tertiary/aromatic N) is 1. The first-order chi connectivity index (χ1) is 8.32. The van der Waals surface area contributed by atoms with E-state index in [0.717, 1.165) is 12.1 Å². The lowest BCUT2D eigenvalue weighted by molar-refractivity contribution is -0.385. The van der Waals surface area contributed by atoms with Gasteiger partial charge in [-0.15, -0.1) is 0 Å². The van der Waals surface area contributed by atoms with Gasteiger partial charge in [0.25, 0.3) is 11.6 Å². The van der Waals surface area contributed by atoms with Gasteiger partial charge in [0.2, 0.25) is 0 Å². The molecular weight excluding hydrogens is 247 g/mol. The van der Waals surface area contributed by atoms with Crippen LogP contribution in [-0.4, -0.2) is 27.9 Å². The van der Waals surface area contributed by atoms with Crippen molar-refractivity contribution in [3.05, 3.63) is 39.7 Å². The van der Waals surface area contributed by atoms with Gasteiger partial charge < -0.3 is 10.4 Å². The normalized spacial score (nSPS) is 11.7. The highest BCUT2D eigenvalue weighted by molar-refractivity contribution is 5.99. The summed E-state index contributed by atoms with van der Waals surface area (Å²) < 4.78 is 12.8. The third kappa shape index (κ3) is 3.00. The minimum atomic E-state index is -1.28. The van der Waals surface area contributed by atoms with E-state index in [1.807, 2.05) is 5.32 Å². The van der Waals surface area contributed by atoms with Gasteiger partial charge in [-0.2, -0.15) is 0 Å². The van der Waals surface area contributed by atoms with Gasteiger partial charge in [0.05, 0.1) is 11.0 Å². The van der Waals surface area contributed by atoms with Gasteiger partial charge in [-0.05, 0) is 19.1 Å². The standard InChI is InChI=1S/C10H9FN2O5/c1-5(10(15)16)12-9(14)7-3-2-6(11)4-8(7)13(17)18/h2-5H,1H3,(H,12,14)(H,15,16)/t5-/m0/s1. The van der Waals surface area contributed by atoms with Crippen LogP contribution in [0.4, 0.5) is 10.1 Å². The third-order valence-corrected chi connectivity index (χ3v) is 2.12. The number of carbonyl (C=O) groups excluding carboxylic acids is 1. The summed E-state index contributed by atoms with van der Waals surface area (Å²) in [5.74, 6) is -3.09. The number of hydrogen-bond acceptors (Lipinski definition) is 4. The zero-order valence-corrected chi connectivity index (χ0v) is 9.21. The number of carbonyl (C=O) groups is 2. The van der Waals surface area contributed by atoms with E-state index in [9.17, 15) is 24.1 Å². The van der Waals surface area contributed by atoms with E-state index in [4.69, 9.17) is 5.11 Å². The van der Waals surface area contributed by atoms with Gasteiger partial charge in [-0.3, -0.25) is 19.7 Å². The average molecular weight is 256 g/mol. The summed E-state index contributed by atoms with van der Waals surface area (Å²) >= 11 is 0. The van der Waals surface area contributed by atoms with Crippen molar-refractivity contribution in [1.82, 2.24) is 5.32 Å². The highest BCUT2D eigenvalue weighted by Gasteiger charge is 2.23. The molecule has 18 heavy (non-hydrogen) atoms. The van der Waals surface area contributed by atoms with E-state index in [1.165, 1.54) is 6.92 Å². The van der Waals surface area contributed by atoms with Crippen molar-refractivity contribution in [3.63, 3.8) is 0 Å². The first-order valence-electron chi connectivity index (χ1n) is 4.80. The molecule has 2 N–H and O–H groups in total. The Balaban J connectivity index is 3.06. The maximum Gasteiger partial charge on any atom is 0.325 e. The van der Waals surface area contributed by atoms with Crippen molar-refractivity contribution in [2.24, 2.45) is 0 Å². The summed E-state index contributed by atoms with van der Waals surface area (Å²) in [5.41, 5.74) is -1.11. The smallest absolute Gasteiger partial charge is 0.325 e. The largest absolute Gasteiger partial charge is 0.480 e. The molecule has 0 saturated carbocycles. The van der Waals surface area contributed by atoms with E-state index >= 15 is 0 Å². The fourth-order valence-corrected chi connectivity index (χ4v) is 1.18. The molecule has 0 heterocycles. The Morgan fingerprint density at radius 2 is 2.11 bits per heavy atom. The summed E-state index contributed by atoms with van der Waals surface area (Å²) in [5, 5.41) is 21.3. The quantitative estimate of drug-likeness (QED) is 0.615. The van der Waals surface area contributed by atoms with Gasteiger partial charge >= 0.3 is 5.97 Å². The monoisotopic (exact) mass is 256 g/mol.